The molecule has 1 aliphatic rings. The maximum Gasteiger partial charge on any atom is 0.242 e. The van der Waals surface area contributed by atoms with Gasteiger partial charge in [0.2, 0.25) is 5.91 Å². The monoisotopic (exact) mass is 230 g/mol. The van der Waals surface area contributed by atoms with Crippen LogP contribution in [0.5, 0.6) is 0 Å². The number of halogens is 1. The molecule has 0 aliphatic carbocycles. The Hall–Kier alpha value is -1.33. The van der Waals surface area contributed by atoms with E-state index in [4.69, 9.17) is 0 Å². The molecule has 15 heavy (non-hydrogen) atoms. The first-order chi connectivity index (χ1) is 6.74. The topological polar surface area (TPSA) is 65.5 Å². The van der Waals surface area contributed by atoms with E-state index in [0.717, 1.165) is 0 Å². The number of nitrogens with zero attached hydrogens (tertiary/aromatic N) is 1. The van der Waals surface area contributed by atoms with Crippen LogP contribution in [-0.2, 0) is 4.79 Å². The lowest BCUT2D eigenvalue weighted by molar-refractivity contribution is -0.122. The first-order valence-electron chi connectivity index (χ1n) is 4.37. The van der Waals surface area contributed by atoms with E-state index in [1.54, 1.807) is 38.7 Å². The Morgan fingerprint density at radius 2 is 2.33 bits per heavy atom. The van der Waals surface area contributed by atoms with Gasteiger partial charge in [-0.1, -0.05) is 0 Å². The van der Waals surface area contributed by atoms with Crippen LogP contribution < -0.4 is 16.0 Å². The molecule has 0 radical (unpaired) electrons. The molecule has 1 rings (SSSR count). The van der Waals surface area contributed by atoms with Crippen molar-refractivity contribution in [2.75, 3.05) is 7.05 Å². The predicted molar refractivity (Wildman–Crippen MR) is 62.8 cm³/mol. The van der Waals surface area contributed by atoms with Crippen molar-refractivity contribution in [2.45, 2.75) is 13.0 Å². The molecule has 1 aliphatic heterocycles. The molecule has 1 amide bonds. The number of allylic oxidation sites excluding steroid dienone is 1. The molecule has 0 aromatic carbocycles. The van der Waals surface area contributed by atoms with Crippen molar-refractivity contribution in [3.63, 3.8) is 0 Å². The fourth-order valence-electron chi connectivity index (χ4n) is 0.826. The molecule has 1 heterocycles. The van der Waals surface area contributed by atoms with Crippen LogP contribution in [0, 0.1) is 0 Å². The van der Waals surface area contributed by atoms with E-state index in [1.807, 2.05) is 0 Å². The lowest BCUT2D eigenvalue weighted by Crippen LogP contribution is -2.41. The summed E-state index contributed by atoms with van der Waals surface area (Å²) in [6, 6.07) is -0.228. The number of amides is 1. The molecule has 0 aromatic rings. The summed E-state index contributed by atoms with van der Waals surface area (Å²) < 4.78 is 0. The van der Waals surface area contributed by atoms with Gasteiger partial charge in [-0.3, -0.25) is 9.79 Å². The molecule has 0 bridgehead atoms. The number of carbonyl (C=O) groups is 1. The van der Waals surface area contributed by atoms with Crippen molar-refractivity contribution in [3.05, 3.63) is 24.3 Å². The van der Waals surface area contributed by atoms with Gasteiger partial charge in [0.25, 0.3) is 0 Å². The zero-order valence-corrected chi connectivity index (χ0v) is 9.47. The molecular weight excluding hydrogens is 216 g/mol. The summed E-state index contributed by atoms with van der Waals surface area (Å²) in [6.45, 7) is 1.78. The minimum Gasteiger partial charge on any atom is -0.347 e. The Bertz CT molecular complexity index is 298. The summed E-state index contributed by atoms with van der Waals surface area (Å²) in [5.41, 5.74) is 0. The van der Waals surface area contributed by atoms with Gasteiger partial charge in [0, 0.05) is 12.4 Å². The van der Waals surface area contributed by atoms with Crippen LogP contribution in [0.25, 0.3) is 0 Å². The maximum absolute atomic E-state index is 11.4. The second kappa shape index (κ2) is 7.03. The summed E-state index contributed by atoms with van der Waals surface area (Å²) in [4.78, 5) is 15.3. The Kier molecular flexibility index (Phi) is 6.40. The first-order valence-corrected chi connectivity index (χ1v) is 4.37. The average molecular weight is 231 g/mol. The van der Waals surface area contributed by atoms with E-state index in [2.05, 4.69) is 20.9 Å². The third-order valence-electron chi connectivity index (χ3n) is 1.79. The molecule has 0 saturated heterocycles. The van der Waals surface area contributed by atoms with E-state index in [1.165, 1.54) is 0 Å². The van der Waals surface area contributed by atoms with Gasteiger partial charge in [-0.05, 0) is 20.0 Å². The highest BCUT2D eigenvalue weighted by Crippen LogP contribution is 1.90. The lowest BCUT2D eigenvalue weighted by atomic mass is 10.3. The van der Waals surface area contributed by atoms with Crippen LogP contribution in [0.4, 0.5) is 0 Å². The third-order valence-corrected chi connectivity index (χ3v) is 1.79. The molecule has 1 unspecified atom stereocenters. The van der Waals surface area contributed by atoms with Crippen molar-refractivity contribution < 1.29 is 4.79 Å². The molecule has 0 spiro atoms. The molecule has 1 atom stereocenters. The van der Waals surface area contributed by atoms with Crippen LogP contribution in [0.15, 0.2) is 29.3 Å². The Morgan fingerprint density at radius 1 is 1.60 bits per heavy atom. The second-order valence-corrected chi connectivity index (χ2v) is 2.84. The van der Waals surface area contributed by atoms with Crippen molar-refractivity contribution in [1.29, 1.82) is 0 Å². The van der Waals surface area contributed by atoms with Gasteiger partial charge in [-0.2, -0.15) is 0 Å². The average Bonchev–Trinajstić information content (AvgIpc) is 2.45. The van der Waals surface area contributed by atoms with Crippen molar-refractivity contribution in [2.24, 2.45) is 4.99 Å². The third kappa shape index (κ3) is 4.62. The Labute approximate surface area is 95.1 Å². The molecule has 0 fully saturated rings. The SMILES string of the molecule is CNC(C)C(=O)NC1=CN=CC=CN1.Cl. The lowest BCUT2D eigenvalue weighted by Gasteiger charge is -2.12. The summed E-state index contributed by atoms with van der Waals surface area (Å²) in [5.74, 6) is 0.471. The molecule has 5 nitrogen and oxygen atoms in total. The van der Waals surface area contributed by atoms with E-state index in [-0.39, 0.29) is 24.4 Å². The van der Waals surface area contributed by atoms with Gasteiger partial charge >= 0.3 is 0 Å². The molecular formula is C9H15ClN4O. The number of nitrogens with one attached hydrogen (secondary N) is 3. The fraction of sp³-hybridized carbons (Fsp3) is 0.333. The highest BCUT2D eigenvalue weighted by atomic mass is 35.5. The standard InChI is InChI=1S/C9H14N4O.ClH/c1-7(10-2)9(14)13-8-6-11-4-3-5-12-8;/h3-7,10,12H,1-2H3,(H,13,14);1H. The summed E-state index contributed by atoms with van der Waals surface area (Å²) in [7, 11) is 1.73. The smallest absolute Gasteiger partial charge is 0.242 e. The van der Waals surface area contributed by atoms with Crippen molar-refractivity contribution >= 4 is 24.5 Å². The van der Waals surface area contributed by atoms with Crippen LogP contribution >= 0.6 is 12.4 Å². The molecule has 0 aromatic heterocycles. The Morgan fingerprint density at radius 3 is 3.00 bits per heavy atom. The maximum atomic E-state index is 11.4. The van der Waals surface area contributed by atoms with Gasteiger partial charge in [-0.25, -0.2) is 0 Å². The number of carbonyl (C=O) groups excluding carboxylic acids is 1. The van der Waals surface area contributed by atoms with Crippen LogP contribution in [0.2, 0.25) is 0 Å². The number of likely N-dealkylation sites (N-methyl/N-ethyl adjacent to an activating group) is 1. The summed E-state index contributed by atoms with van der Waals surface area (Å²) >= 11 is 0. The second-order valence-electron chi connectivity index (χ2n) is 2.84. The van der Waals surface area contributed by atoms with Crippen LogP contribution in [0.3, 0.4) is 0 Å². The molecule has 0 saturated carbocycles. The molecule has 6 heteroatoms. The van der Waals surface area contributed by atoms with E-state index < -0.39 is 0 Å². The zero-order valence-electron chi connectivity index (χ0n) is 8.65. The normalized spacial score (nSPS) is 15.5. The quantitative estimate of drug-likeness (QED) is 0.645. The van der Waals surface area contributed by atoms with Gasteiger partial charge in [0.15, 0.2) is 0 Å². The zero-order chi connectivity index (χ0) is 10.4. The Balaban J connectivity index is 0.00000196. The highest BCUT2D eigenvalue weighted by molar-refractivity contribution is 5.85. The number of hydrogen-bond donors (Lipinski definition) is 3. The first kappa shape index (κ1) is 13.7. The van der Waals surface area contributed by atoms with Crippen molar-refractivity contribution in [1.82, 2.24) is 16.0 Å². The molecule has 3 N–H and O–H groups in total. The number of aliphatic imine (C=N–C) groups is 1. The minimum absolute atomic E-state index is 0. The number of rotatable bonds is 3. The van der Waals surface area contributed by atoms with E-state index in [9.17, 15) is 4.79 Å². The minimum atomic E-state index is -0.228. The van der Waals surface area contributed by atoms with E-state index in [0.29, 0.717) is 5.82 Å². The van der Waals surface area contributed by atoms with Gasteiger partial charge in [0.05, 0.1) is 12.2 Å². The van der Waals surface area contributed by atoms with Crippen LogP contribution in [-0.4, -0.2) is 25.2 Å². The van der Waals surface area contributed by atoms with Crippen molar-refractivity contribution in [3.8, 4) is 0 Å². The largest absolute Gasteiger partial charge is 0.347 e. The van der Waals surface area contributed by atoms with Gasteiger partial charge in [0.1, 0.15) is 5.82 Å². The predicted octanol–water partition coefficient (Wildman–Crippen LogP) is 0.119. The summed E-state index contributed by atoms with van der Waals surface area (Å²) in [5, 5.41) is 8.43. The fourth-order valence-corrected chi connectivity index (χ4v) is 0.826. The molecule has 84 valence electrons. The number of hydrogen-bond acceptors (Lipinski definition) is 4. The van der Waals surface area contributed by atoms with Gasteiger partial charge in [-0.15, -0.1) is 12.4 Å². The van der Waals surface area contributed by atoms with Gasteiger partial charge < -0.3 is 16.0 Å². The summed E-state index contributed by atoms with van der Waals surface area (Å²) in [6.07, 6.45) is 6.64. The highest BCUT2D eigenvalue weighted by Gasteiger charge is 2.10. The van der Waals surface area contributed by atoms with E-state index >= 15 is 0 Å². The van der Waals surface area contributed by atoms with Crippen LogP contribution in [0.1, 0.15) is 6.92 Å².